The Hall–Kier alpha value is -4.04. The first-order valence-electron chi connectivity index (χ1n) is 12.7. The second-order valence-corrected chi connectivity index (χ2v) is 7.06. The van der Waals surface area contributed by atoms with Crippen molar-refractivity contribution in [1.29, 1.82) is 0 Å². The summed E-state index contributed by atoms with van der Waals surface area (Å²) in [5.74, 6) is 0. The van der Waals surface area contributed by atoms with Crippen molar-refractivity contribution in [2.45, 2.75) is 41.5 Å². The molecule has 0 aliphatic carbocycles. The summed E-state index contributed by atoms with van der Waals surface area (Å²) >= 11 is 0. The van der Waals surface area contributed by atoms with Crippen LogP contribution in [0.25, 0.3) is 35.1 Å². The van der Waals surface area contributed by atoms with Gasteiger partial charge < -0.3 is 0 Å². The van der Waals surface area contributed by atoms with E-state index in [1.807, 2.05) is 102 Å². The van der Waals surface area contributed by atoms with Crippen LogP contribution < -0.4 is 0 Å². The van der Waals surface area contributed by atoms with E-state index >= 15 is 0 Å². The van der Waals surface area contributed by atoms with Crippen molar-refractivity contribution in [2.24, 2.45) is 0 Å². The number of hydrogen-bond acceptors (Lipinski definition) is 2. The standard InChI is InChI=1S/C28H20O2.3C2H6/c29-19-23-9-5-21(6-10-23)13-15-27-17-25-3-1-2-4-26(25)18-28(27)16-14-22-7-11-24(20-30)12-8-22;3*1-2/h1-20H;3*1-2H3/b15-13-,16-14-;;;. The van der Waals surface area contributed by atoms with Crippen LogP contribution in [0.2, 0.25) is 0 Å². The minimum absolute atomic E-state index is 0.669. The van der Waals surface area contributed by atoms with Gasteiger partial charge in [0.1, 0.15) is 12.6 Å². The molecule has 0 unspecified atom stereocenters. The van der Waals surface area contributed by atoms with Gasteiger partial charge >= 0.3 is 0 Å². The smallest absolute Gasteiger partial charge is 0.150 e. The largest absolute Gasteiger partial charge is 0.298 e. The summed E-state index contributed by atoms with van der Waals surface area (Å²) in [6, 6.07) is 27.7. The van der Waals surface area contributed by atoms with Crippen molar-refractivity contribution in [2.75, 3.05) is 0 Å². The molecule has 186 valence electrons. The molecule has 0 spiro atoms. The first-order chi connectivity index (χ1) is 17.7. The van der Waals surface area contributed by atoms with E-state index in [0.717, 1.165) is 34.8 Å². The highest BCUT2D eigenvalue weighted by atomic mass is 16.1. The topological polar surface area (TPSA) is 34.1 Å². The molecular formula is C34H38O2. The Balaban J connectivity index is 0.00000101. The van der Waals surface area contributed by atoms with Crippen LogP contribution in [-0.4, -0.2) is 12.6 Å². The zero-order valence-corrected chi connectivity index (χ0v) is 22.4. The molecule has 4 aromatic rings. The monoisotopic (exact) mass is 478 g/mol. The van der Waals surface area contributed by atoms with Gasteiger partial charge in [-0.1, -0.05) is 139 Å². The molecule has 4 aromatic carbocycles. The predicted octanol–water partition coefficient (Wildman–Crippen LogP) is 9.88. The van der Waals surface area contributed by atoms with Crippen molar-refractivity contribution >= 4 is 47.6 Å². The van der Waals surface area contributed by atoms with E-state index in [4.69, 9.17) is 0 Å². The number of carbonyl (C=O) groups is 2. The lowest BCUT2D eigenvalue weighted by Crippen LogP contribution is -1.84. The van der Waals surface area contributed by atoms with E-state index in [1.54, 1.807) is 0 Å². The van der Waals surface area contributed by atoms with E-state index in [1.165, 1.54) is 10.8 Å². The third kappa shape index (κ3) is 8.96. The fourth-order valence-corrected chi connectivity index (χ4v) is 3.31. The van der Waals surface area contributed by atoms with E-state index in [-0.39, 0.29) is 0 Å². The average Bonchev–Trinajstić information content (AvgIpc) is 2.98. The molecule has 0 saturated heterocycles. The first-order valence-corrected chi connectivity index (χ1v) is 12.7. The molecule has 0 fully saturated rings. The zero-order valence-electron chi connectivity index (χ0n) is 22.4. The highest BCUT2D eigenvalue weighted by Gasteiger charge is 2.01. The van der Waals surface area contributed by atoms with Crippen LogP contribution in [0.15, 0.2) is 84.9 Å². The molecule has 0 radical (unpaired) electrons. The summed E-state index contributed by atoms with van der Waals surface area (Å²) in [6.07, 6.45) is 9.99. The Labute approximate surface area is 217 Å². The van der Waals surface area contributed by atoms with Crippen molar-refractivity contribution in [1.82, 2.24) is 0 Å². The van der Waals surface area contributed by atoms with E-state index in [2.05, 4.69) is 48.6 Å². The van der Waals surface area contributed by atoms with E-state index in [9.17, 15) is 9.59 Å². The quantitative estimate of drug-likeness (QED) is 0.204. The number of carbonyl (C=O) groups excluding carboxylic acids is 2. The van der Waals surface area contributed by atoms with Gasteiger partial charge in [-0.15, -0.1) is 0 Å². The molecule has 0 aromatic heterocycles. The van der Waals surface area contributed by atoms with Gasteiger partial charge in [0.15, 0.2) is 0 Å². The summed E-state index contributed by atoms with van der Waals surface area (Å²) in [5.41, 5.74) is 5.62. The minimum Gasteiger partial charge on any atom is -0.298 e. The molecule has 4 rings (SSSR count). The second-order valence-electron chi connectivity index (χ2n) is 7.06. The lowest BCUT2D eigenvalue weighted by atomic mass is 9.98. The van der Waals surface area contributed by atoms with Crippen LogP contribution in [-0.2, 0) is 0 Å². The minimum atomic E-state index is 0.669. The summed E-state index contributed by atoms with van der Waals surface area (Å²) in [4.78, 5) is 21.7. The molecule has 0 N–H and O–H groups in total. The van der Waals surface area contributed by atoms with Gasteiger partial charge in [-0.25, -0.2) is 0 Å². The van der Waals surface area contributed by atoms with Crippen LogP contribution in [0, 0.1) is 0 Å². The van der Waals surface area contributed by atoms with Crippen LogP contribution in [0.3, 0.4) is 0 Å². The van der Waals surface area contributed by atoms with Crippen LogP contribution in [0.5, 0.6) is 0 Å². The molecule has 0 saturated carbocycles. The SMILES string of the molecule is CC.CC.CC.O=Cc1ccc(/C=C\c2cc3ccccc3cc2/C=C\c2ccc(C=O)cc2)cc1. The Kier molecular flexibility index (Phi) is 14.5. The summed E-state index contributed by atoms with van der Waals surface area (Å²) < 4.78 is 0. The predicted molar refractivity (Wildman–Crippen MR) is 160 cm³/mol. The fraction of sp³-hybridized carbons (Fsp3) is 0.176. The fourth-order valence-electron chi connectivity index (χ4n) is 3.31. The summed E-state index contributed by atoms with van der Waals surface area (Å²) in [7, 11) is 0. The highest BCUT2D eigenvalue weighted by molar-refractivity contribution is 5.91. The number of aldehydes is 2. The maximum atomic E-state index is 10.8. The van der Waals surface area contributed by atoms with Gasteiger partial charge in [0, 0.05) is 11.1 Å². The van der Waals surface area contributed by atoms with Gasteiger partial charge in [0.2, 0.25) is 0 Å². The van der Waals surface area contributed by atoms with Crippen LogP contribution in [0.4, 0.5) is 0 Å². The Morgan fingerprint density at radius 3 is 1.03 bits per heavy atom. The number of benzene rings is 4. The second kappa shape index (κ2) is 17.4. The number of fused-ring (bicyclic) bond motifs is 1. The van der Waals surface area contributed by atoms with Crippen molar-refractivity contribution < 1.29 is 9.59 Å². The summed E-state index contributed by atoms with van der Waals surface area (Å²) in [6.45, 7) is 12.0. The molecule has 2 nitrogen and oxygen atoms in total. The maximum absolute atomic E-state index is 10.8. The third-order valence-corrected chi connectivity index (χ3v) is 5.01. The maximum Gasteiger partial charge on any atom is 0.150 e. The Bertz CT molecular complexity index is 1140. The third-order valence-electron chi connectivity index (χ3n) is 5.01. The van der Waals surface area contributed by atoms with Crippen LogP contribution in [0.1, 0.15) is 84.5 Å². The van der Waals surface area contributed by atoms with E-state index in [0.29, 0.717) is 11.1 Å². The Morgan fingerprint density at radius 1 is 0.417 bits per heavy atom. The number of rotatable bonds is 6. The molecule has 0 aliphatic rings. The highest BCUT2D eigenvalue weighted by Crippen LogP contribution is 2.24. The molecule has 0 aliphatic heterocycles. The van der Waals surface area contributed by atoms with Gasteiger partial charge in [-0.3, -0.25) is 9.59 Å². The molecule has 0 heterocycles. The van der Waals surface area contributed by atoms with Gasteiger partial charge in [-0.2, -0.15) is 0 Å². The van der Waals surface area contributed by atoms with Crippen LogP contribution >= 0.6 is 0 Å². The summed E-state index contributed by atoms with van der Waals surface area (Å²) in [5, 5.41) is 2.36. The number of hydrogen-bond donors (Lipinski definition) is 0. The lowest BCUT2D eigenvalue weighted by molar-refractivity contribution is 0.111. The molecular weight excluding hydrogens is 440 g/mol. The molecule has 36 heavy (non-hydrogen) atoms. The molecule has 2 heteroatoms. The van der Waals surface area contributed by atoms with Crippen molar-refractivity contribution in [3.8, 4) is 0 Å². The van der Waals surface area contributed by atoms with Gasteiger partial charge in [0.25, 0.3) is 0 Å². The van der Waals surface area contributed by atoms with Crippen molar-refractivity contribution in [3.63, 3.8) is 0 Å². The van der Waals surface area contributed by atoms with Crippen molar-refractivity contribution in [3.05, 3.63) is 118 Å². The average molecular weight is 479 g/mol. The lowest BCUT2D eigenvalue weighted by Gasteiger charge is -2.06. The first kappa shape index (κ1) is 30.0. The van der Waals surface area contributed by atoms with Gasteiger partial charge in [-0.05, 0) is 45.2 Å². The molecule has 0 atom stereocenters. The zero-order chi connectivity index (χ0) is 26.8. The normalized spacial score (nSPS) is 9.94. The molecule has 0 amide bonds. The van der Waals surface area contributed by atoms with E-state index < -0.39 is 0 Å². The molecule has 0 bridgehead atoms. The van der Waals surface area contributed by atoms with Gasteiger partial charge in [0.05, 0.1) is 0 Å². The Morgan fingerprint density at radius 2 is 0.722 bits per heavy atom.